The van der Waals surface area contributed by atoms with Gasteiger partial charge in [0.05, 0.1) is 13.2 Å². The lowest BCUT2D eigenvalue weighted by Crippen LogP contribution is -2.51. The first-order chi connectivity index (χ1) is 9.58. The first kappa shape index (κ1) is 16.6. The van der Waals surface area contributed by atoms with Gasteiger partial charge in [0.1, 0.15) is 0 Å². The van der Waals surface area contributed by atoms with Crippen LogP contribution in [0.2, 0.25) is 0 Å². The van der Waals surface area contributed by atoms with Crippen LogP contribution in [0.3, 0.4) is 0 Å². The first-order valence-electron chi connectivity index (χ1n) is 8.04. The molecule has 0 aromatic rings. The Hall–Kier alpha value is 0.270. The van der Waals surface area contributed by atoms with Crippen LogP contribution < -0.4 is 5.32 Å². The zero-order valence-electron chi connectivity index (χ0n) is 13.6. The van der Waals surface area contributed by atoms with Crippen molar-refractivity contribution in [2.24, 2.45) is 5.92 Å². The van der Waals surface area contributed by atoms with E-state index in [0.717, 1.165) is 44.4 Å². The Morgan fingerprint density at radius 1 is 1.30 bits per heavy atom. The van der Waals surface area contributed by atoms with Gasteiger partial charge in [-0.05, 0) is 34.1 Å². The van der Waals surface area contributed by atoms with E-state index in [2.05, 4.69) is 42.4 Å². The number of piperidine rings is 1. The molecule has 0 spiro atoms. The molecule has 0 aromatic carbocycles. The molecule has 2 aliphatic heterocycles. The average molecular weight is 301 g/mol. The highest BCUT2D eigenvalue weighted by molar-refractivity contribution is 7.55. The lowest BCUT2D eigenvalue weighted by Gasteiger charge is -2.43. The number of hydrogen-bond donors (Lipinski definition) is 1. The molecular weight excluding hydrogens is 269 g/mol. The van der Waals surface area contributed by atoms with Crippen LogP contribution in [0, 0.1) is 5.92 Å². The van der Waals surface area contributed by atoms with E-state index in [-0.39, 0.29) is 8.07 Å². The molecule has 2 rings (SSSR count). The van der Waals surface area contributed by atoms with E-state index in [1.807, 2.05) is 0 Å². The molecule has 0 bridgehead atoms. The van der Waals surface area contributed by atoms with E-state index in [4.69, 9.17) is 4.74 Å². The summed E-state index contributed by atoms with van der Waals surface area (Å²) >= 11 is 0. The minimum absolute atomic E-state index is 0.0245. The van der Waals surface area contributed by atoms with E-state index < -0.39 is 0 Å². The van der Waals surface area contributed by atoms with Crippen LogP contribution in [0.25, 0.3) is 0 Å². The van der Waals surface area contributed by atoms with Crippen LogP contribution in [0.15, 0.2) is 0 Å². The second-order valence-corrected chi connectivity index (χ2v) is 9.12. The third kappa shape index (κ3) is 4.64. The van der Waals surface area contributed by atoms with Crippen LogP contribution in [-0.4, -0.2) is 80.9 Å². The van der Waals surface area contributed by atoms with Gasteiger partial charge in [-0.25, -0.2) is 0 Å². The second-order valence-electron chi connectivity index (χ2n) is 6.67. The molecule has 4 nitrogen and oxygen atoms in total. The molecule has 5 heteroatoms. The van der Waals surface area contributed by atoms with Crippen LogP contribution in [0.1, 0.15) is 20.3 Å². The van der Waals surface area contributed by atoms with Crippen LogP contribution in [0.4, 0.5) is 0 Å². The molecular formula is C15H32N3OP. The minimum Gasteiger partial charge on any atom is -0.379 e. The fraction of sp³-hybridized carbons (Fsp3) is 1.00. The maximum atomic E-state index is 5.49. The number of rotatable bonds is 5. The molecule has 0 aromatic heterocycles. The summed E-state index contributed by atoms with van der Waals surface area (Å²) in [5.74, 6) is 0.753. The molecule has 118 valence electrons. The maximum absolute atomic E-state index is 5.49. The van der Waals surface area contributed by atoms with Crippen molar-refractivity contribution < 1.29 is 4.74 Å². The van der Waals surface area contributed by atoms with Gasteiger partial charge < -0.3 is 15.0 Å². The normalized spacial score (nSPS) is 30.9. The number of hydrogen-bond acceptors (Lipinski definition) is 4. The maximum Gasteiger partial charge on any atom is 0.0597 e. The molecule has 2 aliphatic rings. The van der Waals surface area contributed by atoms with Gasteiger partial charge in [-0.1, -0.05) is 13.8 Å². The third-order valence-corrected chi connectivity index (χ3v) is 7.29. The smallest absolute Gasteiger partial charge is 0.0597 e. The molecule has 2 fully saturated rings. The van der Waals surface area contributed by atoms with Crippen molar-refractivity contribution in [3.8, 4) is 0 Å². The van der Waals surface area contributed by atoms with E-state index in [1.54, 1.807) is 0 Å². The summed E-state index contributed by atoms with van der Waals surface area (Å²) in [5, 5.41) is 3.68. The highest BCUT2D eigenvalue weighted by Gasteiger charge is 2.31. The number of morpholine rings is 1. The molecule has 0 saturated carbocycles. The Labute approximate surface area is 126 Å². The fourth-order valence-electron chi connectivity index (χ4n) is 3.34. The summed E-state index contributed by atoms with van der Waals surface area (Å²) in [4.78, 5) is 2.56. The van der Waals surface area contributed by atoms with Crippen molar-refractivity contribution in [2.75, 3.05) is 59.7 Å². The number of nitrogens with one attached hydrogen (secondary N) is 1. The molecule has 0 aliphatic carbocycles. The monoisotopic (exact) mass is 301 g/mol. The van der Waals surface area contributed by atoms with Gasteiger partial charge in [-0.3, -0.25) is 4.67 Å². The second kappa shape index (κ2) is 8.05. The predicted octanol–water partition coefficient (Wildman–Crippen LogP) is 1.66. The Morgan fingerprint density at radius 2 is 2.00 bits per heavy atom. The SMILES string of the molecule is CC(C)CN(C)[C@@H]1CNCC(P(C)N2CCOCC2)C1. The van der Waals surface area contributed by atoms with Crippen molar-refractivity contribution in [3.63, 3.8) is 0 Å². The van der Waals surface area contributed by atoms with Gasteiger partial charge >= 0.3 is 0 Å². The molecule has 2 unspecified atom stereocenters. The van der Waals surface area contributed by atoms with Crippen molar-refractivity contribution in [1.82, 2.24) is 14.9 Å². The summed E-state index contributed by atoms with van der Waals surface area (Å²) in [6.45, 7) is 14.8. The lowest BCUT2D eigenvalue weighted by molar-refractivity contribution is 0.0741. The fourth-order valence-corrected chi connectivity index (χ4v) is 5.54. The Kier molecular flexibility index (Phi) is 6.70. The van der Waals surface area contributed by atoms with Crippen molar-refractivity contribution in [3.05, 3.63) is 0 Å². The van der Waals surface area contributed by atoms with Gasteiger partial charge in [0.15, 0.2) is 0 Å². The highest BCUT2D eigenvalue weighted by atomic mass is 31.1. The molecule has 0 radical (unpaired) electrons. The van der Waals surface area contributed by atoms with Gasteiger partial charge in [0, 0.05) is 44.4 Å². The summed E-state index contributed by atoms with van der Waals surface area (Å²) in [6.07, 6.45) is 1.36. The minimum atomic E-state index is -0.0245. The van der Waals surface area contributed by atoms with Crippen LogP contribution in [0.5, 0.6) is 0 Å². The van der Waals surface area contributed by atoms with E-state index >= 15 is 0 Å². The van der Waals surface area contributed by atoms with E-state index in [1.165, 1.54) is 19.5 Å². The Bertz CT molecular complexity index is 284. The van der Waals surface area contributed by atoms with Crippen molar-refractivity contribution in [1.29, 1.82) is 0 Å². The van der Waals surface area contributed by atoms with Crippen molar-refractivity contribution >= 4 is 8.07 Å². The van der Waals surface area contributed by atoms with E-state index in [0.29, 0.717) is 6.04 Å². The Balaban J connectivity index is 1.85. The van der Waals surface area contributed by atoms with Gasteiger partial charge in [-0.15, -0.1) is 0 Å². The van der Waals surface area contributed by atoms with Gasteiger partial charge in [0.25, 0.3) is 0 Å². The molecule has 20 heavy (non-hydrogen) atoms. The quantitative estimate of drug-likeness (QED) is 0.782. The Morgan fingerprint density at radius 3 is 2.65 bits per heavy atom. The molecule has 3 atom stereocenters. The molecule has 2 heterocycles. The molecule has 0 amide bonds. The zero-order valence-corrected chi connectivity index (χ0v) is 14.5. The van der Waals surface area contributed by atoms with E-state index in [9.17, 15) is 0 Å². The number of ether oxygens (including phenoxy) is 1. The molecule has 2 saturated heterocycles. The highest BCUT2D eigenvalue weighted by Crippen LogP contribution is 2.44. The molecule has 1 N–H and O–H groups in total. The first-order valence-corrected chi connectivity index (χ1v) is 9.85. The number of nitrogens with zero attached hydrogens (tertiary/aromatic N) is 2. The summed E-state index contributed by atoms with van der Waals surface area (Å²) < 4.78 is 8.16. The van der Waals surface area contributed by atoms with Crippen molar-refractivity contribution in [2.45, 2.75) is 32.0 Å². The zero-order chi connectivity index (χ0) is 14.5. The van der Waals surface area contributed by atoms with Crippen LogP contribution >= 0.6 is 8.07 Å². The van der Waals surface area contributed by atoms with Crippen LogP contribution in [-0.2, 0) is 4.74 Å². The standard InChI is InChI=1S/C15H32N3OP/c1-13(2)12-17(3)14-9-15(11-16-10-14)20(4)18-5-7-19-8-6-18/h13-16H,5-12H2,1-4H3/t14-,15?,20?/m0/s1. The summed E-state index contributed by atoms with van der Waals surface area (Å²) in [6, 6.07) is 0.710. The number of likely N-dealkylation sites (N-methyl/N-ethyl adjacent to an activating group) is 1. The third-order valence-electron chi connectivity index (χ3n) is 4.54. The lowest BCUT2D eigenvalue weighted by atomic mass is 10.0. The summed E-state index contributed by atoms with van der Waals surface area (Å²) in [7, 11) is 2.27. The predicted molar refractivity (Wildman–Crippen MR) is 87.8 cm³/mol. The van der Waals surface area contributed by atoms with Gasteiger partial charge in [0.2, 0.25) is 0 Å². The summed E-state index contributed by atoms with van der Waals surface area (Å²) in [5.41, 5.74) is 0.830. The largest absolute Gasteiger partial charge is 0.379 e. The van der Waals surface area contributed by atoms with Gasteiger partial charge in [-0.2, -0.15) is 0 Å². The average Bonchev–Trinajstić information content (AvgIpc) is 2.47. The topological polar surface area (TPSA) is 27.7 Å².